The van der Waals surface area contributed by atoms with Crippen LogP contribution in [0.2, 0.25) is 0 Å². The SMILES string of the molecule is COc1cc(C(=O)N(C)c2ccc(C)cc2OCCCCCC(=O)N2CCN(C)CC2)ccc1NC(=O)c1ccccc1O.Cl.Cl. The molecule has 0 aliphatic carbocycles. The molecule has 0 aromatic heterocycles. The van der Waals surface area contributed by atoms with Gasteiger partial charge in [0.15, 0.2) is 0 Å². The van der Waals surface area contributed by atoms with E-state index in [0.29, 0.717) is 41.5 Å². The fourth-order valence-electron chi connectivity index (χ4n) is 5.05. The second kappa shape index (κ2) is 18.2. The lowest BCUT2D eigenvalue weighted by Gasteiger charge is -2.32. The van der Waals surface area contributed by atoms with Crippen LogP contribution in [0.4, 0.5) is 11.4 Å². The predicted octanol–water partition coefficient (Wildman–Crippen LogP) is 5.79. The maximum Gasteiger partial charge on any atom is 0.259 e. The van der Waals surface area contributed by atoms with Gasteiger partial charge in [0.2, 0.25) is 5.91 Å². The van der Waals surface area contributed by atoms with Gasteiger partial charge in [0.25, 0.3) is 11.8 Å². The second-order valence-corrected chi connectivity index (χ2v) is 11.1. The average molecular weight is 676 g/mol. The summed E-state index contributed by atoms with van der Waals surface area (Å²) in [6.45, 7) is 5.89. The zero-order valence-corrected chi connectivity index (χ0v) is 28.4. The van der Waals surface area contributed by atoms with Crippen LogP contribution in [0.1, 0.15) is 52.0 Å². The van der Waals surface area contributed by atoms with Gasteiger partial charge >= 0.3 is 0 Å². The molecule has 1 aliphatic rings. The number of halogens is 2. The average Bonchev–Trinajstić information content (AvgIpc) is 3.02. The van der Waals surface area contributed by atoms with Crippen molar-refractivity contribution >= 4 is 53.9 Å². The summed E-state index contributed by atoms with van der Waals surface area (Å²) in [7, 11) is 5.22. The zero-order chi connectivity index (χ0) is 31.6. The lowest BCUT2D eigenvalue weighted by Crippen LogP contribution is -2.47. The molecule has 0 spiro atoms. The molecule has 1 aliphatic heterocycles. The van der Waals surface area contributed by atoms with Gasteiger partial charge in [0, 0.05) is 45.2 Å². The molecule has 0 bridgehead atoms. The van der Waals surface area contributed by atoms with Crippen molar-refractivity contribution in [1.29, 1.82) is 0 Å². The first-order valence-corrected chi connectivity index (χ1v) is 14.9. The Labute approximate surface area is 283 Å². The fraction of sp³-hybridized carbons (Fsp3) is 0.382. The van der Waals surface area contributed by atoms with Crippen molar-refractivity contribution in [3.8, 4) is 17.2 Å². The van der Waals surface area contributed by atoms with Crippen LogP contribution in [0.25, 0.3) is 0 Å². The molecule has 0 atom stereocenters. The minimum atomic E-state index is -0.499. The molecule has 3 amide bonds. The van der Waals surface area contributed by atoms with Crippen molar-refractivity contribution in [2.75, 3.05) is 64.2 Å². The summed E-state index contributed by atoms with van der Waals surface area (Å²) < 4.78 is 11.6. The Kier molecular flexibility index (Phi) is 15.1. The lowest BCUT2D eigenvalue weighted by molar-refractivity contribution is -0.132. The van der Waals surface area contributed by atoms with Crippen LogP contribution < -0.4 is 19.7 Å². The first kappa shape index (κ1) is 38.2. The maximum atomic E-state index is 13.5. The van der Waals surface area contributed by atoms with Crippen molar-refractivity contribution in [3.63, 3.8) is 0 Å². The number of carbonyl (C=O) groups is 3. The quantitative estimate of drug-likeness (QED) is 0.234. The third-order valence-corrected chi connectivity index (χ3v) is 7.78. The van der Waals surface area contributed by atoms with E-state index in [-0.39, 0.29) is 47.9 Å². The molecule has 0 radical (unpaired) electrons. The van der Waals surface area contributed by atoms with Gasteiger partial charge in [-0.3, -0.25) is 14.4 Å². The topological polar surface area (TPSA) is 112 Å². The van der Waals surface area contributed by atoms with E-state index in [4.69, 9.17) is 9.47 Å². The van der Waals surface area contributed by atoms with Crippen molar-refractivity contribution in [1.82, 2.24) is 9.80 Å². The van der Waals surface area contributed by atoms with Crippen LogP contribution in [0.15, 0.2) is 60.7 Å². The van der Waals surface area contributed by atoms with E-state index in [9.17, 15) is 19.5 Å². The Balaban J connectivity index is 0.00000368. The molecule has 1 saturated heterocycles. The number of anilines is 2. The van der Waals surface area contributed by atoms with Gasteiger partial charge in [0.1, 0.15) is 17.2 Å². The third-order valence-electron chi connectivity index (χ3n) is 7.78. The highest BCUT2D eigenvalue weighted by Gasteiger charge is 2.21. The molecule has 46 heavy (non-hydrogen) atoms. The number of benzene rings is 3. The third kappa shape index (κ3) is 10.0. The summed E-state index contributed by atoms with van der Waals surface area (Å²) in [4.78, 5) is 44.4. The van der Waals surface area contributed by atoms with Crippen molar-refractivity contribution < 1.29 is 29.0 Å². The highest BCUT2D eigenvalue weighted by molar-refractivity contribution is 6.09. The van der Waals surface area contributed by atoms with Gasteiger partial charge in [-0.25, -0.2) is 0 Å². The Morgan fingerprint density at radius 1 is 0.913 bits per heavy atom. The molecule has 3 aromatic rings. The van der Waals surface area contributed by atoms with Crippen LogP contribution in [0.3, 0.4) is 0 Å². The van der Waals surface area contributed by atoms with Gasteiger partial charge < -0.3 is 34.6 Å². The van der Waals surface area contributed by atoms with E-state index in [0.717, 1.165) is 51.0 Å². The van der Waals surface area contributed by atoms with Gasteiger partial charge in [0.05, 0.1) is 30.7 Å². The van der Waals surface area contributed by atoms with E-state index in [1.165, 1.54) is 24.1 Å². The summed E-state index contributed by atoms with van der Waals surface area (Å²) in [6.07, 6.45) is 3.05. The Hall–Kier alpha value is -3.99. The van der Waals surface area contributed by atoms with E-state index in [1.807, 2.05) is 30.0 Å². The number of likely N-dealkylation sites (N-methyl/N-ethyl adjacent to an activating group) is 1. The van der Waals surface area contributed by atoms with Crippen molar-refractivity contribution in [2.24, 2.45) is 0 Å². The summed E-state index contributed by atoms with van der Waals surface area (Å²) in [6, 6.07) is 16.7. The number of unbranched alkanes of at least 4 members (excludes halogenated alkanes) is 2. The van der Waals surface area contributed by atoms with Crippen LogP contribution in [-0.2, 0) is 4.79 Å². The van der Waals surface area contributed by atoms with Crippen LogP contribution >= 0.6 is 24.8 Å². The van der Waals surface area contributed by atoms with E-state index < -0.39 is 5.91 Å². The lowest BCUT2D eigenvalue weighted by atomic mass is 10.1. The maximum absolute atomic E-state index is 13.5. The molecule has 3 aromatic carbocycles. The highest BCUT2D eigenvalue weighted by atomic mass is 35.5. The normalized spacial score (nSPS) is 12.7. The first-order valence-electron chi connectivity index (χ1n) is 14.9. The molecular weight excluding hydrogens is 631 g/mol. The number of piperazine rings is 1. The molecule has 250 valence electrons. The van der Waals surface area contributed by atoms with Gasteiger partial charge in [-0.2, -0.15) is 0 Å². The van der Waals surface area contributed by atoms with Gasteiger partial charge in [-0.1, -0.05) is 18.2 Å². The van der Waals surface area contributed by atoms with Crippen LogP contribution in [0, 0.1) is 6.92 Å². The summed E-state index contributed by atoms with van der Waals surface area (Å²) in [5, 5.41) is 12.7. The second-order valence-electron chi connectivity index (χ2n) is 11.1. The first-order chi connectivity index (χ1) is 21.2. The number of methoxy groups -OCH3 is 1. The number of aryl methyl sites for hydroxylation is 1. The van der Waals surface area contributed by atoms with Crippen molar-refractivity contribution in [3.05, 3.63) is 77.4 Å². The summed E-state index contributed by atoms with van der Waals surface area (Å²) >= 11 is 0. The monoisotopic (exact) mass is 674 g/mol. The predicted molar refractivity (Wildman–Crippen MR) is 186 cm³/mol. The minimum Gasteiger partial charge on any atom is -0.507 e. The number of rotatable bonds is 12. The Morgan fingerprint density at radius 2 is 1.63 bits per heavy atom. The highest BCUT2D eigenvalue weighted by Crippen LogP contribution is 2.32. The molecular formula is C34H44Cl2N4O6. The van der Waals surface area contributed by atoms with E-state index in [2.05, 4.69) is 17.3 Å². The molecule has 0 saturated carbocycles. The number of aromatic hydroxyl groups is 1. The van der Waals surface area contributed by atoms with Crippen LogP contribution in [-0.4, -0.2) is 86.6 Å². The zero-order valence-electron chi connectivity index (χ0n) is 26.8. The summed E-state index contributed by atoms with van der Waals surface area (Å²) in [5.74, 6) is 0.221. The Morgan fingerprint density at radius 3 is 2.33 bits per heavy atom. The molecule has 1 heterocycles. The van der Waals surface area contributed by atoms with Gasteiger partial charge in [-0.15, -0.1) is 24.8 Å². The number of phenolic OH excluding ortho intramolecular Hbond substituents is 1. The number of amides is 3. The number of nitrogens with zero attached hydrogens (tertiary/aromatic N) is 3. The van der Waals surface area contributed by atoms with E-state index >= 15 is 0 Å². The Bertz CT molecular complexity index is 1480. The number of nitrogens with one attached hydrogen (secondary N) is 1. The number of phenols is 1. The molecule has 0 unspecified atom stereocenters. The fourth-order valence-corrected chi connectivity index (χ4v) is 5.05. The number of para-hydroxylation sites is 1. The number of hydrogen-bond donors (Lipinski definition) is 2. The standard InChI is InChI=1S/C34H42N4O6.2ClH/c1-24-13-16-28(31(22-24)44-21-9-5-6-12-32(40)38-19-17-36(2)18-20-38)37(3)34(42)25-14-15-27(30(23-25)43-4)35-33(41)26-10-7-8-11-29(26)39;;/h7-8,10-11,13-16,22-23,39H,5-6,9,12,17-21H2,1-4H3,(H,35,41);2*1H. The smallest absolute Gasteiger partial charge is 0.259 e. The van der Waals surface area contributed by atoms with Crippen molar-refractivity contribution in [2.45, 2.75) is 32.6 Å². The molecule has 4 rings (SSSR count). The largest absolute Gasteiger partial charge is 0.507 e. The van der Waals surface area contributed by atoms with E-state index in [1.54, 1.807) is 37.4 Å². The molecule has 12 heteroatoms. The summed E-state index contributed by atoms with van der Waals surface area (Å²) in [5.41, 5.74) is 2.49. The van der Waals surface area contributed by atoms with Gasteiger partial charge in [-0.05, 0) is 81.3 Å². The number of carbonyl (C=O) groups excluding carboxylic acids is 3. The molecule has 2 N–H and O–H groups in total. The molecule has 10 nitrogen and oxygen atoms in total. The van der Waals surface area contributed by atoms with Crippen LogP contribution in [0.5, 0.6) is 17.2 Å². The molecule has 1 fully saturated rings. The number of hydrogen-bond acceptors (Lipinski definition) is 7. The number of ether oxygens (including phenoxy) is 2. The minimum absolute atomic E-state index is 0.